The molecule has 1 N–H and O–H groups in total. The fraction of sp³-hybridized carbons (Fsp3) is 0.125. The Morgan fingerprint density at radius 3 is 2.31 bits per heavy atom. The average molecular weight is 513 g/mol. The lowest BCUT2D eigenvalue weighted by Gasteiger charge is -2.06. The van der Waals surface area contributed by atoms with Gasteiger partial charge >= 0.3 is 0 Å². The van der Waals surface area contributed by atoms with Crippen molar-refractivity contribution in [3.63, 3.8) is 0 Å². The molecular formula is C24H21BrN2O4S. The second-order valence-electron chi connectivity index (χ2n) is 7.00. The highest BCUT2D eigenvalue weighted by Crippen LogP contribution is 2.33. The standard InChI is InChI=1S/C24H21BrN2O4S/c1-30-20-11-7-18(8-12-20)22-27-24(32(28,29)21-13-9-19(25)10-14-21)23(31-22)26-16-15-17-5-3-2-4-6-17/h2-14,26H,15-16H2,1H3. The highest BCUT2D eigenvalue weighted by Gasteiger charge is 2.28. The maximum atomic E-state index is 13.3. The molecule has 0 saturated carbocycles. The van der Waals surface area contributed by atoms with E-state index in [0.717, 1.165) is 10.0 Å². The van der Waals surface area contributed by atoms with Gasteiger partial charge in [0.15, 0.2) is 0 Å². The first-order valence-electron chi connectivity index (χ1n) is 9.91. The van der Waals surface area contributed by atoms with Crippen molar-refractivity contribution in [1.82, 2.24) is 4.98 Å². The molecule has 1 aromatic heterocycles. The first-order chi connectivity index (χ1) is 15.5. The SMILES string of the molecule is COc1ccc(-c2nc(S(=O)(=O)c3ccc(Br)cc3)c(NCCc3ccccc3)o2)cc1. The van der Waals surface area contributed by atoms with Gasteiger partial charge in [-0.1, -0.05) is 46.3 Å². The summed E-state index contributed by atoms with van der Waals surface area (Å²) in [5.74, 6) is 1.02. The number of sulfone groups is 1. The molecule has 6 nitrogen and oxygen atoms in total. The largest absolute Gasteiger partial charge is 0.497 e. The molecule has 0 aliphatic carbocycles. The van der Waals surface area contributed by atoms with Crippen molar-refractivity contribution in [2.45, 2.75) is 16.3 Å². The predicted octanol–water partition coefficient (Wildman–Crippen LogP) is 5.60. The first kappa shape index (κ1) is 22.1. The fourth-order valence-electron chi connectivity index (χ4n) is 3.15. The summed E-state index contributed by atoms with van der Waals surface area (Å²) in [6.07, 6.45) is 0.706. The van der Waals surface area contributed by atoms with Crippen LogP contribution in [-0.2, 0) is 16.3 Å². The van der Waals surface area contributed by atoms with E-state index in [4.69, 9.17) is 9.15 Å². The molecule has 3 aromatic carbocycles. The van der Waals surface area contributed by atoms with E-state index in [9.17, 15) is 8.42 Å². The first-order valence-corrected chi connectivity index (χ1v) is 12.2. The fourth-order valence-corrected chi connectivity index (χ4v) is 4.69. The van der Waals surface area contributed by atoms with Crippen molar-refractivity contribution >= 4 is 31.7 Å². The lowest BCUT2D eigenvalue weighted by atomic mass is 10.1. The minimum absolute atomic E-state index is 0.120. The summed E-state index contributed by atoms with van der Waals surface area (Å²) in [5, 5.41) is 2.98. The van der Waals surface area contributed by atoms with Crippen LogP contribution in [0.1, 0.15) is 5.56 Å². The van der Waals surface area contributed by atoms with Crippen LogP contribution in [0.4, 0.5) is 5.88 Å². The van der Waals surface area contributed by atoms with Gasteiger partial charge < -0.3 is 14.5 Å². The third-order valence-electron chi connectivity index (χ3n) is 4.85. The average Bonchev–Trinajstić information content (AvgIpc) is 3.25. The summed E-state index contributed by atoms with van der Waals surface area (Å²) in [4.78, 5) is 4.50. The van der Waals surface area contributed by atoms with Crippen LogP contribution in [0, 0.1) is 0 Å². The van der Waals surface area contributed by atoms with Gasteiger partial charge in [0, 0.05) is 16.6 Å². The number of nitrogens with zero attached hydrogens (tertiary/aromatic N) is 1. The van der Waals surface area contributed by atoms with Crippen LogP contribution in [-0.4, -0.2) is 27.1 Å². The molecule has 1 heterocycles. The number of rotatable bonds is 8. The zero-order chi connectivity index (χ0) is 22.6. The van der Waals surface area contributed by atoms with E-state index in [2.05, 4.69) is 26.2 Å². The van der Waals surface area contributed by atoms with Gasteiger partial charge in [0.05, 0.1) is 12.0 Å². The zero-order valence-corrected chi connectivity index (χ0v) is 19.7. The molecule has 32 heavy (non-hydrogen) atoms. The molecule has 4 rings (SSSR count). The van der Waals surface area contributed by atoms with Crippen LogP contribution in [0.5, 0.6) is 5.75 Å². The van der Waals surface area contributed by atoms with Gasteiger partial charge in [0.1, 0.15) is 5.75 Å². The Hall–Kier alpha value is -3.10. The molecule has 0 amide bonds. The number of anilines is 1. The molecule has 0 saturated heterocycles. The second-order valence-corrected chi connectivity index (χ2v) is 9.78. The zero-order valence-electron chi connectivity index (χ0n) is 17.3. The number of ether oxygens (including phenoxy) is 1. The molecule has 164 valence electrons. The molecule has 0 aliphatic heterocycles. The predicted molar refractivity (Wildman–Crippen MR) is 127 cm³/mol. The maximum absolute atomic E-state index is 13.3. The summed E-state index contributed by atoms with van der Waals surface area (Å²) < 4.78 is 38.6. The lowest BCUT2D eigenvalue weighted by Crippen LogP contribution is -2.09. The van der Waals surface area contributed by atoms with Crippen LogP contribution in [0.15, 0.2) is 97.7 Å². The van der Waals surface area contributed by atoms with Gasteiger partial charge in [-0.3, -0.25) is 0 Å². The number of halogens is 1. The van der Waals surface area contributed by atoms with Crippen LogP contribution < -0.4 is 10.1 Å². The minimum atomic E-state index is -3.89. The summed E-state index contributed by atoms with van der Waals surface area (Å²) in [6, 6.07) is 23.4. The van der Waals surface area contributed by atoms with Crippen LogP contribution in [0.3, 0.4) is 0 Å². The number of hydrogen-bond acceptors (Lipinski definition) is 6. The monoisotopic (exact) mass is 512 g/mol. The highest BCUT2D eigenvalue weighted by atomic mass is 79.9. The number of methoxy groups -OCH3 is 1. The van der Waals surface area contributed by atoms with Gasteiger partial charge in [-0.2, -0.15) is 4.98 Å². The summed E-state index contributed by atoms with van der Waals surface area (Å²) in [6.45, 7) is 0.490. The van der Waals surface area contributed by atoms with Gasteiger partial charge in [-0.05, 0) is 60.5 Å². The van der Waals surface area contributed by atoms with Crippen molar-refractivity contribution in [3.05, 3.63) is 88.9 Å². The van der Waals surface area contributed by atoms with Gasteiger partial charge in [0.2, 0.25) is 26.6 Å². The second kappa shape index (κ2) is 9.58. The third kappa shape index (κ3) is 4.87. The Balaban J connectivity index is 1.68. The van der Waals surface area contributed by atoms with Crippen LogP contribution in [0.25, 0.3) is 11.5 Å². The van der Waals surface area contributed by atoms with Crippen molar-refractivity contribution < 1.29 is 17.6 Å². The van der Waals surface area contributed by atoms with Crippen LogP contribution in [0.2, 0.25) is 0 Å². The highest BCUT2D eigenvalue weighted by molar-refractivity contribution is 9.10. The smallest absolute Gasteiger partial charge is 0.233 e. The van der Waals surface area contributed by atoms with Crippen molar-refractivity contribution in [2.75, 3.05) is 19.0 Å². The lowest BCUT2D eigenvalue weighted by molar-refractivity contribution is 0.415. The maximum Gasteiger partial charge on any atom is 0.233 e. The Labute approximate surface area is 195 Å². The summed E-state index contributed by atoms with van der Waals surface area (Å²) in [5.41, 5.74) is 1.78. The molecule has 0 unspecified atom stereocenters. The molecule has 4 aromatic rings. The number of benzene rings is 3. The van der Waals surface area contributed by atoms with Crippen molar-refractivity contribution in [1.29, 1.82) is 0 Å². The number of hydrogen-bond donors (Lipinski definition) is 1. The number of aromatic nitrogens is 1. The van der Waals surface area contributed by atoms with E-state index in [1.54, 1.807) is 43.5 Å². The van der Waals surface area contributed by atoms with Crippen molar-refractivity contribution in [3.8, 4) is 17.2 Å². The van der Waals surface area contributed by atoms with E-state index in [0.29, 0.717) is 24.3 Å². The molecule has 0 aliphatic rings. The van der Waals surface area contributed by atoms with Gasteiger partial charge in [0.25, 0.3) is 0 Å². The minimum Gasteiger partial charge on any atom is -0.497 e. The van der Waals surface area contributed by atoms with Crippen LogP contribution >= 0.6 is 15.9 Å². The van der Waals surface area contributed by atoms with E-state index >= 15 is 0 Å². The van der Waals surface area contributed by atoms with Gasteiger partial charge in [-0.15, -0.1) is 0 Å². The Bertz CT molecular complexity index is 1290. The van der Waals surface area contributed by atoms with Crippen molar-refractivity contribution in [2.24, 2.45) is 0 Å². The van der Waals surface area contributed by atoms with E-state index < -0.39 is 9.84 Å². The molecule has 8 heteroatoms. The van der Waals surface area contributed by atoms with E-state index in [1.807, 2.05) is 30.3 Å². The number of oxazole rings is 1. The van der Waals surface area contributed by atoms with E-state index in [1.165, 1.54) is 12.1 Å². The molecule has 0 spiro atoms. The number of nitrogens with one attached hydrogen (secondary N) is 1. The molecule has 0 radical (unpaired) electrons. The molecule has 0 bridgehead atoms. The van der Waals surface area contributed by atoms with E-state index in [-0.39, 0.29) is 21.7 Å². The van der Waals surface area contributed by atoms with Gasteiger partial charge in [-0.25, -0.2) is 8.42 Å². The normalized spacial score (nSPS) is 11.3. The Kier molecular flexibility index (Phi) is 6.62. The quantitative estimate of drug-likeness (QED) is 0.330. The third-order valence-corrected chi connectivity index (χ3v) is 7.06. The summed E-state index contributed by atoms with van der Waals surface area (Å²) >= 11 is 3.33. The molecule has 0 fully saturated rings. The summed E-state index contributed by atoms with van der Waals surface area (Å²) in [7, 11) is -2.31. The molecular weight excluding hydrogens is 492 g/mol. The Morgan fingerprint density at radius 2 is 1.66 bits per heavy atom. The Morgan fingerprint density at radius 1 is 0.969 bits per heavy atom. The topological polar surface area (TPSA) is 81.4 Å². The molecule has 0 atom stereocenters.